The fraction of sp³-hybridized carbons (Fsp3) is 1.00. The fourth-order valence-electron chi connectivity index (χ4n) is 3.35. The molecule has 0 aromatic rings. The Hall–Kier alpha value is 1.12. The van der Waals surface area contributed by atoms with Gasteiger partial charge in [-0.05, 0) is 39.3 Å². The second-order valence-corrected chi connectivity index (χ2v) is 65.2. The van der Waals surface area contributed by atoms with E-state index in [1.165, 1.54) is 0 Å². The summed E-state index contributed by atoms with van der Waals surface area (Å²) in [4.78, 5) is 0. The van der Waals surface area contributed by atoms with Gasteiger partial charge in [-0.3, -0.25) is 0 Å². The van der Waals surface area contributed by atoms with Crippen LogP contribution in [0.1, 0.15) is 0 Å². The predicted octanol–water partition coefficient (Wildman–Crippen LogP) is 4.33. The first-order chi connectivity index (χ1) is 7.96. The van der Waals surface area contributed by atoms with Crippen LogP contribution in [0.25, 0.3) is 0 Å². The van der Waals surface area contributed by atoms with Crippen LogP contribution >= 0.6 is 0 Å². The fourth-order valence-corrected chi connectivity index (χ4v) is 140. The zero-order valence-corrected chi connectivity index (χ0v) is 20.2. The maximum atomic E-state index is 15.9. The summed E-state index contributed by atoms with van der Waals surface area (Å²) in [5.74, 6) is 0. The molecule has 0 aromatic heterocycles. The molecule has 1 aliphatic rings. The highest BCUT2D eigenvalue weighted by atomic mass is 30.0. The van der Waals surface area contributed by atoms with Crippen LogP contribution in [-0.4, -0.2) is 44.8 Å². The number of hydrogen-bond acceptors (Lipinski definition) is 1. The predicted molar refractivity (Wildman–Crippen MR) is 96.5 cm³/mol. The molecular weight excluding hydrogens is 343 g/mol. The lowest BCUT2D eigenvalue weighted by atomic mass is 11.9. The Morgan fingerprint density at radius 1 is 0.526 bits per heavy atom. The molecule has 1 fully saturated rings. The van der Waals surface area contributed by atoms with Gasteiger partial charge in [-0.25, -0.2) is 0 Å². The third-order valence-electron chi connectivity index (χ3n) is 6.76. The van der Waals surface area contributed by atoms with Crippen molar-refractivity contribution >= 4 is 44.8 Å². The van der Waals surface area contributed by atoms with E-state index < -0.39 is 44.8 Å². The van der Waals surface area contributed by atoms with E-state index in [2.05, 4.69) is 39.3 Å². The topological polar surface area (TPSA) is 9.23 Å². The van der Waals surface area contributed by atoms with Crippen molar-refractivity contribution in [1.82, 2.24) is 0 Å². The minimum Gasteiger partial charge on any atom is -0.458 e. The summed E-state index contributed by atoms with van der Waals surface area (Å²) in [7, 11) is -15.2. The van der Waals surface area contributed by atoms with E-state index in [9.17, 15) is 0 Å². The zero-order chi connectivity index (χ0) is 15.7. The third kappa shape index (κ3) is 2.06. The number of rotatable bonds is 0. The maximum Gasteiger partial charge on any atom is 0.280 e. The lowest BCUT2D eigenvalue weighted by Crippen LogP contribution is -2.83. The summed E-state index contributed by atoms with van der Waals surface area (Å²) in [5, 5.41) is 0. The van der Waals surface area contributed by atoms with Crippen molar-refractivity contribution in [2.75, 3.05) is 0 Å². The Morgan fingerprint density at radius 2 is 0.895 bits per heavy atom. The summed E-state index contributed by atoms with van der Waals surface area (Å²) in [6, 6.07) is 0. The lowest BCUT2D eigenvalue weighted by Gasteiger charge is -2.49. The van der Waals surface area contributed by atoms with Crippen LogP contribution in [-0.2, 0) is 4.12 Å². The summed E-state index contributed by atoms with van der Waals surface area (Å²) < 4.78 is 38.2. The molecule has 0 amide bonds. The summed E-state index contributed by atoms with van der Waals surface area (Å²) in [6.45, 7) is 20.7. The summed E-state index contributed by atoms with van der Waals surface area (Å²) >= 11 is 0. The normalized spacial score (nSPS) is 43.6. The van der Waals surface area contributed by atoms with Gasteiger partial charge in [0.2, 0.25) is 0 Å². The number of halogens is 2. The van der Waals surface area contributed by atoms with Crippen molar-refractivity contribution in [2.24, 2.45) is 0 Å². The van der Waals surface area contributed by atoms with E-state index in [1.54, 1.807) is 13.1 Å². The van der Waals surface area contributed by atoms with E-state index in [1.807, 2.05) is 13.1 Å². The number of hydrogen-bond donors (Lipinski definition) is 0. The average molecular weight is 373 g/mol. The van der Waals surface area contributed by atoms with E-state index in [0.717, 1.165) is 0 Å². The average Bonchev–Trinajstić information content (AvgIpc) is 2.14. The van der Waals surface area contributed by atoms with Gasteiger partial charge in [0.1, 0.15) is 0 Å². The first kappa shape index (κ1) is 18.2. The molecule has 0 aliphatic carbocycles. The van der Waals surface area contributed by atoms with Crippen molar-refractivity contribution in [1.29, 1.82) is 0 Å². The van der Waals surface area contributed by atoms with Crippen LogP contribution in [0.5, 0.6) is 0 Å². The highest BCUT2D eigenvalue weighted by molar-refractivity contribution is 7.96. The second-order valence-electron chi connectivity index (χ2n) is 8.38. The molecule has 0 radical (unpaired) electrons. The lowest BCUT2D eigenvalue weighted by molar-refractivity contribution is 0.575. The monoisotopic (exact) mass is 372 g/mol. The van der Waals surface area contributed by atoms with Gasteiger partial charge in [0.05, 0.1) is 14.2 Å². The minimum atomic E-state index is -3.39. The van der Waals surface area contributed by atoms with Gasteiger partial charge < -0.3 is 12.3 Å². The summed E-state index contributed by atoms with van der Waals surface area (Å²) in [5.41, 5.74) is 0. The highest BCUT2D eigenvalue weighted by Crippen LogP contribution is 2.48. The molecule has 0 saturated carbocycles. The third-order valence-corrected chi connectivity index (χ3v) is 110. The standard InChI is InChI=1S/C10H30F2OSi6/c1-14(2)13-15(3,4)18(9,11)19(10,12)17(7,8)16(14,5)6/h1-10H3. The smallest absolute Gasteiger partial charge is 0.280 e. The molecule has 0 N–H and O–H groups in total. The SMILES string of the molecule is C[Si]1(C)O[Si](C)(C)[Si](C)(F)[Si](C)(F)[Si](C)(C)[Si]1(C)C. The van der Waals surface area contributed by atoms with E-state index in [0.29, 0.717) is 0 Å². The van der Waals surface area contributed by atoms with Crippen LogP contribution in [0.15, 0.2) is 0 Å². The largest absolute Gasteiger partial charge is 0.458 e. The molecular formula is C10H30F2OSi6. The van der Waals surface area contributed by atoms with Gasteiger partial charge in [0, 0.05) is 0 Å². The maximum absolute atomic E-state index is 15.9. The minimum absolute atomic E-state index is 1.67. The molecule has 2 unspecified atom stereocenters. The Balaban J connectivity index is 3.70. The molecule has 19 heavy (non-hydrogen) atoms. The Morgan fingerprint density at radius 3 is 1.26 bits per heavy atom. The molecule has 0 aromatic carbocycles. The van der Waals surface area contributed by atoms with Crippen molar-refractivity contribution < 1.29 is 12.3 Å². The van der Waals surface area contributed by atoms with Crippen LogP contribution in [0.2, 0.25) is 65.5 Å². The van der Waals surface area contributed by atoms with Gasteiger partial charge >= 0.3 is 0 Å². The first-order valence-corrected chi connectivity index (χ1v) is 28.6. The van der Waals surface area contributed by atoms with E-state index in [4.69, 9.17) is 4.12 Å². The first-order valence-electron chi connectivity index (χ1n) is 7.04. The van der Waals surface area contributed by atoms with Crippen molar-refractivity contribution in [3.8, 4) is 0 Å². The van der Waals surface area contributed by atoms with Gasteiger partial charge in [0.25, 0.3) is 14.9 Å². The van der Waals surface area contributed by atoms with Crippen LogP contribution in [0.4, 0.5) is 8.22 Å². The molecule has 114 valence electrons. The molecule has 1 rings (SSSR count). The van der Waals surface area contributed by atoms with E-state index in [-0.39, 0.29) is 0 Å². The molecule has 0 spiro atoms. The Labute approximate surface area is 122 Å². The van der Waals surface area contributed by atoms with Crippen molar-refractivity contribution in [2.45, 2.75) is 65.5 Å². The second kappa shape index (κ2) is 4.32. The van der Waals surface area contributed by atoms with Crippen LogP contribution in [0, 0.1) is 0 Å². The van der Waals surface area contributed by atoms with Crippen molar-refractivity contribution in [3.05, 3.63) is 0 Å². The molecule has 1 heterocycles. The van der Waals surface area contributed by atoms with Gasteiger partial charge in [-0.1, -0.05) is 26.2 Å². The summed E-state index contributed by atoms with van der Waals surface area (Å²) in [6.07, 6.45) is 0. The highest BCUT2D eigenvalue weighted by Gasteiger charge is 2.78. The molecule has 1 nitrogen and oxygen atoms in total. The van der Waals surface area contributed by atoms with E-state index >= 15 is 8.22 Å². The molecule has 0 bridgehead atoms. The molecule has 1 saturated heterocycles. The van der Waals surface area contributed by atoms with Crippen LogP contribution in [0.3, 0.4) is 0 Å². The van der Waals surface area contributed by atoms with Crippen molar-refractivity contribution in [3.63, 3.8) is 0 Å². The van der Waals surface area contributed by atoms with Crippen LogP contribution < -0.4 is 0 Å². The Bertz CT molecular complexity index is 355. The van der Waals surface area contributed by atoms with Gasteiger partial charge in [0.15, 0.2) is 15.7 Å². The molecule has 9 heteroatoms. The van der Waals surface area contributed by atoms with Gasteiger partial charge in [-0.15, -0.1) is 0 Å². The Kier molecular flexibility index (Phi) is 4.13. The molecule has 1 aliphatic heterocycles. The van der Waals surface area contributed by atoms with Gasteiger partial charge in [-0.2, -0.15) is 0 Å². The molecule has 2 atom stereocenters. The zero-order valence-electron chi connectivity index (χ0n) is 14.2. The quantitative estimate of drug-likeness (QED) is 0.454.